The SMILES string of the molecule is CCNC1CCCC1c1ccc(F)cc1C. The molecule has 0 saturated heterocycles. The Kier molecular flexibility index (Phi) is 3.59. The van der Waals surface area contributed by atoms with E-state index in [0.717, 1.165) is 12.1 Å². The summed E-state index contributed by atoms with van der Waals surface area (Å²) in [6, 6.07) is 5.78. The lowest BCUT2D eigenvalue weighted by atomic mass is 9.90. The zero-order valence-corrected chi connectivity index (χ0v) is 10.1. The molecule has 88 valence electrons. The van der Waals surface area contributed by atoms with Crippen molar-refractivity contribution >= 4 is 0 Å². The van der Waals surface area contributed by atoms with Gasteiger partial charge in [0.1, 0.15) is 5.82 Å². The number of likely N-dealkylation sites (N-methyl/N-ethyl adjacent to an activating group) is 1. The van der Waals surface area contributed by atoms with E-state index in [1.54, 1.807) is 12.1 Å². The van der Waals surface area contributed by atoms with Crippen LogP contribution in [-0.4, -0.2) is 12.6 Å². The highest BCUT2D eigenvalue weighted by atomic mass is 19.1. The van der Waals surface area contributed by atoms with Gasteiger partial charge in [-0.25, -0.2) is 4.39 Å². The third kappa shape index (κ3) is 2.27. The quantitative estimate of drug-likeness (QED) is 0.825. The predicted octanol–water partition coefficient (Wildman–Crippen LogP) is 3.38. The zero-order chi connectivity index (χ0) is 11.5. The zero-order valence-electron chi connectivity index (χ0n) is 10.1. The average molecular weight is 221 g/mol. The molecule has 0 amide bonds. The minimum Gasteiger partial charge on any atom is -0.314 e. The van der Waals surface area contributed by atoms with Crippen LogP contribution in [-0.2, 0) is 0 Å². The Hall–Kier alpha value is -0.890. The molecule has 1 saturated carbocycles. The van der Waals surface area contributed by atoms with Crippen molar-refractivity contribution in [1.29, 1.82) is 0 Å². The van der Waals surface area contributed by atoms with E-state index in [4.69, 9.17) is 0 Å². The highest BCUT2D eigenvalue weighted by Crippen LogP contribution is 2.36. The molecule has 0 aromatic heterocycles. The van der Waals surface area contributed by atoms with E-state index in [9.17, 15) is 4.39 Å². The molecular formula is C14H20FN. The minimum atomic E-state index is -0.126. The molecule has 16 heavy (non-hydrogen) atoms. The van der Waals surface area contributed by atoms with E-state index in [1.807, 2.05) is 13.0 Å². The van der Waals surface area contributed by atoms with Gasteiger partial charge in [-0.05, 0) is 55.5 Å². The molecule has 1 aromatic carbocycles. The normalized spacial score (nSPS) is 24.9. The van der Waals surface area contributed by atoms with Gasteiger partial charge in [-0.3, -0.25) is 0 Å². The van der Waals surface area contributed by atoms with Gasteiger partial charge in [0, 0.05) is 6.04 Å². The van der Waals surface area contributed by atoms with Crippen LogP contribution in [0.2, 0.25) is 0 Å². The fourth-order valence-corrected chi connectivity index (χ4v) is 2.89. The molecule has 0 bridgehead atoms. The van der Waals surface area contributed by atoms with E-state index >= 15 is 0 Å². The molecule has 1 aliphatic rings. The lowest BCUT2D eigenvalue weighted by Gasteiger charge is -2.22. The Labute approximate surface area is 97.1 Å². The van der Waals surface area contributed by atoms with Crippen molar-refractivity contribution in [3.05, 3.63) is 35.1 Å². The maximum Gasteiger partial charge on any atom is 0.123 e. The monoisotopic (exact) mass is 221 g/mol. The van der Waals surface area contributed by atoms with Gasteiger partial charge in [0.2, 0.25) is 0 Å². The molecule has 2 unspecified atom stereocenters. The summed E-state index contributed by atoms with van der Waals surface area (Å²) in [5.41, 5.74) is 2.42. The number of halogens is 1. The van der Waals surface area contributed by atoms with Gasteiger partial charge < -0.3 is 5.32 Å². The highest BCUT2D eigenvalue weighted by molar-refractivity contribution is 5.31. The molecular weight excluding hydrogens is 201 g/mol. The Morgan fingerprint density at radius 1 is 1.38 bits per heavy atom. The van der Waals surface area contributed by atoms with Crippen LogP contribution in [0.25, 0.3) is 0 Å². The molecule has 0 radical (unpaired) electrons. The lowest BCUT2D eigenvalue weighted by Crippen LogP contribution is -2.31. The van der Waals surface area contributed by atoms with E-state index < -0.39 is 0 Å². The Balaban J connectivity index is 2.22. The largest absolute Gasteiger partial charge is 0.314 e. The first-order valence-corrected chi connectivity index (χ1v) is 6.21. The van der Waals surface area contributed by atoms with Crippen LogP contribution in [0, 0.1) is 12.7 Å². The van der Waals surface area contributed by atoms with Gasteiger partial charge in [0.15, 0.2) is 0 Å². The van der Waals surface area contributed by atoms with E-state index in [0.29, 0.717) is 12.0 Å². The molecule has 2 rings (SSSR count). The van der Waals surface area contributed by atoms with Crippen molar-refractivity contribution in [3.8, 4) is 0 Å². The van der Waals surface area contributed by atoms with Crippen LogP contribution >= 0.6 is 0 Å². The van der Waals surface area contributed by atoms with Crippen LogP contribution in [0.5, 0.6) is 0 Å². The molecule has 1 aliphatic carbocycles. The van der Waals surface area contributed by atoms with Crippen LogP contribution < -0.4 is 5.32 Å². The Bertz CT molecular complexity index is 362. The van der Waals surface area contributed by atoms with Crippen molar-refractivity contribution in [1.82, 2.24) is 5.32 Å². The summed E-state index contributed by atoms with van der Waals surface area (Å²) >= 11 is 0. The van der Waals surface area contributed by atoms with Crippen LogP contribution in [0.15, 0.2) is 18.2 Å². The molecule has 0 aliphatic heterocycles. The number of hydrogen-bond acceptors (Lipinski definition) is 1. The maximum absolute atomic E-state index is 13.1. The predicted molar refractivity (Wildman–Crippen MR) is 65.2 cm³/mol. The molecule has 2 atom stereocenters. The number of nitrogens with one attached hydrogen (secondary N) is 1. The average Bonchev–Trinajstić information content (AvgIpc) is 2.67. The second kappa shape index (κ2) is 4.96. The van der Waals surface area contributed by atoms with Gasteiger partial charge >= 0.3 is 0 Å². The van der Waals surface area contributed by atoms with Gasteiger partial charge in [-0.1, -0.05) is 19.4 Å². The fourth-order valence-electron chi connectivity index (χ4n) is 2.89. The second-order valence-electron chi connectivity index (χ2n) is 4.70. The minimum absolute atomic E-state index is 0.126. The smallest absolute Gasteiger partial charge is 0.123 e. The fraction of sp³-hybridized carbons (Fsp3) is 0.571. The van der Waals surface area contributed by atoms with Crippen molar-refractivity contribution < 1.29 is 4.39 Å². The van der Waals surface area contributed by atoms with Gasteiger partial charge in [-0.15, -0.1) is 0 Å². The standard InChI is InChI=1S/C14H20FN/c1-3-16-14-6-4-5-13(14)12-8-7-11(15)9-10(12)2/h7-9,13-14,16H,3-6H2,1-2H3. The summed E-state index contributed by atoms with van der Waals surface area (Å²) < 4.78 is 13.1. The summed E-state index contributed by atoms with van der Waals surface area (Å²) in [4.78, 5) is 0. The third-order valence-corrected chi connectivity index (χ3v) is 3.61. The molecule has 1 nitrogen and oxygen atoms in total. The molecule has 1 fully saturated rings. The number of benzene rings is 1. The van der Waals surface area contributed by atoms with Gasteiger partial charge in [0.25, 0.3) is 0 Å². The molecule has 0 heterocycles. The maximum atomic E-state index is 13.1. The van der Waals surface area contributed by atoms with Crippen molar-refractivity contribution in [3.63, 3.8) is 0 Å². The second-order valence-corrected chi connectivity index (χ2v) is 4.70. The van der Waals surface area contributed by atoms with Crippen LogP contribution in [0.4, 0.5) is 4.39 Å². The number of hydrogen-bond donors (Lipinski definition) is 1. The Morgan fingerprint density at radius 3 is 2.88 bits per heavy atom. The van der Waals surface area contributed by atoms with Gasteiger partial charge in [0.05, 0.1) is 0 Å². The van der Waals surface area contributed by atoms with Crippen LogP contribution in [0.1, 0.15) is 43.2 Å². The summed E-state index contributed by atoms with van der Waals surface area (Å²) in [5.74, 6) is 0.444. The van der Waals surface area contributed by atoms with Crippen LogP contribution in [0.3, 0.4) is 0 Å². The summed E-state index contributed by atoms with van der Waals surface area (Å²) in [6.07, 6.45) is 3.75. The van der Waals surface area contributed by atoms with Crippen molar-refractivity contribution in [2.45, 2.75) is 45.1 Å². The Morgan fingerprint density at radius 2 is 2.19 bits per heavy atom. The summed E-state index contributed by atoms with van der Waals surface area (Å²) in [5, 5.41) is 3.54. The van der Waals surface area contributed by atoms with E-state index in [1.165, 1.54) is 24.8 Å². The highest BCUT2D eigenvalue weighted by Gasteiger charge is 2.28. The molecule has 0 spiro atoms. The first-order valence-electron chi connectivity index (χ1n) is 6.21. The summed E-state index contributed by atoms with van der Waals surface area (Å²) in [7, 11) is 0. The van der Waals surface area contributed by atoms with Crippen molar-refractivity contribution in [2.75, 3.05) is 6.54 Å². The van der Waals surface area contributed by atoms with E-state index in [2.05, 4.69) is 12.2 Å². The topological polar surface area (TPSA) is 12.0 Å². The molecule has 1 N–H and O–H groups in total. The van der Waals surface area contributed by atoms with E-state index in [-0.39, 0.29) is 5.82 Å². The van der Waals surface area contributed by atoms with Gasteiger partial charge in [-0.2, -0.15) is 0 Å². The van der Waals surface area contributed by atoms with Crippen molar-refractivity contribution in [2.24, 2.45) is 0 Å². The molecule has 1 aromatic rings. The number of aryl methyl sites for hydroxylation is 1. The lowest BCUT2D eigenvalue weighted by molar-refractivity contribution is 0.490. The summed E-state index contributed by atoms with van der Waals surface area (Å²) in [6.45, 7) is 5.17. The third-order valence-electron chi connectivity index (χ3n) is 3.61. The first-order chi connectivity index (χ1) is 7.72. The number of rotatable bonds is 3. The first kappa shape index (κ1) is 11.6. The molecule has 2 heteroatoms.